The Kier molecular flexibility index (Phi) is 6.00. The molecule has 0 aromatic heterocycles. The Balaban J connectivity index is 0.00000182. The van der Waals surface area contributed by atoms with E-state index < -0.39 is 0 Å². The van der Waals surface area contributed by atoms with Crippen molar-refractivity contribution in [2.24, 2.45) is 5.41 Å². The molecule has 2 aliphatic heterocycles. The average Bonchev–Trinajstić information content (AvgIpc) is 3.25. The maximum Gasteiger partial charge on any atom is 0.124 e. The molecular formula is C21H27ClN2O. The summed E-state index contributed by atoms with van der Waals surface area (Å²) in [5, 5.41) is 3.54. The van der Waals surface area contributed by atoms with Gasteiger partial charge in [0.05, 0.1) is 0 Å². The number of nitrogens with zero attached hydrogens (tertiary/aromatic N) is 1. The molecule has 2 heterocycles. The van der Waals surface area contributed by atoms with Gasteiger partial charge in [0.15, 0.2) is 0 Å². The normalized spacial score (nSPS) is 22.9. The van der Waals surface area contributed by atoms with Crippen molar-refractivity contribution in [3.05, 3.63) is 65.7 Å². The molecule has 1 N–H and O–H groups in total. The second-order valence-corrected chi connectivity index (χ2v) is 7.27. The lowest BCUT2D eigenvalue weighted by Gasteiger charge is -2.23. The highest BCUT2D eigenvalue weighted by atomic mass is 35.5. The average molecular weight is 359 g/mol. The van der Waals surface area contributed by atoms with Crippen molar-refractivity contribution in [2.45, 2.75) is 26.0 Å². The first-order valence-electron chi connectivity index (χ1n) is 9.01. The number of halogens is 1. The van der Waals surface area contributed by atoms with Gasteiger partial charge in [-0.05, 0) is 43.0 Å². The molecule has 134 valence electrons. The molecular weight excluding hydrogens is 332 g/mol. The van der Waals surface area contributed by atoms with E-state index in [0.717, 1.165) is 12.3 Å². The summed E-state index contributed by atoms with van der Waals surface area (Å²) in [7, 11) is 0. The van der Waals surface area contributed by atoms with Gasteiger partial charge in [0, 0.05) is 25.2 Å². The van der Waals surface area contributed by atoms with Crippen molar-refractivity contribution in [3.8, 4) is 5.75 Å². The first-order valence-corrected chi connectivity index (χ1v) is 9.01. The van der Waals surface area contributed by atoms with Crippen molar-refractivity contribution >= 4 is 12.4 Å². The Hall–Kier alpha value is -1.55. The molecule has 25 heavy (non-hydrogen) atoms. The van der Waals surface area contributed by atoms with Crippen LogP contribution in [0.15, 0.2) is 54.6 Å². The van der Waals surface area contributed by atoms with Gasteiger partial charge in [0.25, 0.3) is 0 Å². The van der Waals surface area contributed by atoms with Crippen LogP contribution < -0.4 is 10.1 Å². The predicted octanol–water partition coefficient (Wildman–Crippen LogP) is 3.87. The Labute approximate surface area is 156 Å². The second kappa shape index (κ2) is 8.22. The molecule has 1 atom stereocenters. The minimum atomic E-state index is 0. The van der Waals surface area contributed by atoms with Gasteiger partial charge < -0.3 is 10.1 Å². The van der Waals surface area contributed by atoms with Crippen LogP contribution in [0.1, 0.15) is 24.0 Å². The van der Waals surface area contributed by atoms with Gasteiger partial charge in [-0.2, -0.15) is 0 Å². The van der Waals surface area contributed by atoms with E-state index in [1.807, 2.05) is 6.07 Å². The molecule has 0 aliphatic carbocycles. The fourth-order valence-corrected chi connectivity index (χ4v) is 4.06. The molecule has 0 radical (unpaired) electrons. The van der Waals surface area contributed by atoms with Gasteiger partial charge >= 0.3 is 0 Å². The van der Waals surface area contributed by atoms with E-state index in [9.17, 15) is 0 Å². The van der Waals surface area contributed by atoms with E-state index >= 15 is 0 Å². The van der Waals surface area contributed by atoms with E-state index in [0.29, 0.717) is 12.0 Å². The molecule has 3 nitrogen and oxygen atoms in total. The number of nitrogens with one attached hydrogen (secondary N) is 1. The Morgan fingerprint density at radius 2 is 1.80 bits per heavy atom. The number of para-hydroxylation sites is 1. The number of rotatable bonds is 5. The Bertz CT molecular complexity index is 671. The fourth-order valence-electron chi connectivity index (χ4n) is 4.06. The maximum atomic E-state index is 6.11. The van der Waals surface area contributed by atoms with E-state index in [2.05, 4.69) is 58.7 Å². The van der Waals surface area contributed by atoms with Crippen LogP contribution in [0.3, 0.4) is 0 Å². The van der Waals surface area contributed by atoms with Crippen LogP contribution in [0.25, 0.3) is 0 Å². The van der Waals surface area contributed by atoms with Crippen LogP contribution in [-0.2, 0) is 13.2 Å². The molecule has 1 spiro atoms. The van der Waals surface area contributed by atoms with Gasteiger partial charge in [0.1, 0.15) is 12.4 Å². The molecule has 4 heteroatoms. The molecule has 0 amide bonds. The zero-order chi connectivity index (χ0) is 16.2. The molecule has 2 fully saturated rings. The zero-order valence-corrected chi connectivity index (χ0v) is 15.4. The van der Waals surface area contributed by atoms with Crippen LogP contribution in [-0.4, -0.2) is 31.1 Å². The summed E-state index contributed by atoms with van der Waals surface area (Å²) >= 11 is 0. The van der Waals surface area contributed by atoms with Crippen LogP contribution in [0.2, 0.25) is 0 Å². The Morgan fingerprint density at radius 3 is 2.60 bits per heavy atom. The molecule has 1 unspecified atom stereocenters. The third kappa shape index (κ3) is 4.35. The van der Waals surface area contributed by atoms with E-state index in [4.69, 9.17) is 4.74 Å². The molecule has 0 saturated carbocycles. The van der Waals surface area contributed by atoms with Crippen molar-refractivity contribution in [1.29, 1.82) is 0 Å². The van der Waals surface area contributed by atoms with Crippen molar-refractivity contribution in [3.63, 3.8) is 0 Å². The van der Waals surface area contributed by atoms with Gasteiger partial charge in [-0.15, -0.1) is 12.4 Å². The first kappa shape index (κ1) is 18.2. The molecule has 4 rings (SSSR count). The highest BCUT2D eigenvalue weighted by Crippen LogP contribution is 2.37. The predicted molar refractivity (Wildman–Crippen MR) is 104 cm³/mol. The second-order valence-electron chi connectivity index (χ2n) is 7.27. The highest BCUT2D eigenvalue weighted by Gasteiger charge is 2.40. The molecule has 2 aliphatic rings. The summed E-state index contributed by atoms with van der Waals surface area (Å²) in [5.41, 5.74) is 3.04. The van der Waals surface area contributed by atoms with Crippen molar-refractivity contribution < 1.29 is 4.74 Å². The minimum absolute atomic E-state index is 0. The molecule has 2 saturated heterocycles. The summed E-state index contributed by atoms with van der Waals surface area (Å²) in [4.78, 5) is 2.59. The SMILES string of the molecule is Cl.c1ccc(COc2ccccc2CN2CCC3(CCNC3)C2)cc1. The summed E-state index contributed by atoms with van der Waals surface area (Å²) < 4.78 is 6.11. The smallest absolute Gasteiger partial charge is 0.124 e. The topological polar surface area (TPSA) is 24.5 Å². The van der Waals surface area contributed by atoms with E-state index in [1.165, 1.54) is 50.1 Å². The maximum absolute atomic E-state index is 6.11. The monoisotopic (exact) mass is 358 g/mol. The standard InChI is InChI=1S/C21H26N2O.ClH/c1-2-6-18(7-3-1)15-24-20-9-5-4-8-19(20)14-23-13-11-21(17-23)10-12-22-16-21;/h1-9,22H,10-17H2;1H. The van der Waals surface area contributed by atoms with Gasteiger partial charge in [-0.1, -0.05) is 48.5 Å². The van der Waals surface area contributed by atoms with Crippen LogP contribution in [0, 0.1) is 5.41 Å². The van der Waals surface area contributed by atoms with Crippen LogP contribution in [0.5, 0.6) is 5.75 Å². The van der Waals surface area contributed by atoms with E-state index in [1.54, 1.807) is 0 Å². The van der Waals surface area contributed by atoms with Crippen molar-refractivity contribution in [1.82, 2.24) is 10.2 Å². The quantitative estimate of drug-likeness (QED) is 0.878. The Morgan fingerprint density at radius 1 is 1.00 bits per heavy atom. The van der Waals surface area contributed by atoms with Crippen molar-refractivity contribution in [2.75, 3.05) is 26.2 Å². The zero-order valence-electron chi connectivity index (χ0n) is 14.6. The number of hydrogen-bond donors (Lipinski definition) is 1. The summed E-state index contributed by atoms with van der Waals surface area (Å²) in [5.74, 6) is 1.02. The molecule has 2 aromatic rings. The fraction of sp³-hybridized carbons (Fsp3) is 0.429. The third-order valence-electron chi connectivity index (χ3n) is 5.45. The lowest BCUT2D eigenvalue weighted by atomic mass is 9.86. The number of benzene rings is 2. The van der Waals surface area contributed by atoms with Gasteiger partial charge in [-0.25, -0.2) is 0 Å². The summed E-state index contributed by atoms with van der Waals surface area (Å²) in [6.07, 6.45) is 2.66. The van der Waals surface area contributed by atoms with Crippen LogP contribution in [0.4, 0.5) is 0 Å². The number of likely N-dealkylation sites (tertiary alicyclic amines) is 1. The molecule has 0 bridgehead atoms. The summed E-state index contributed by atoms with van der Waals surface area (Å²) in [6.45, 7) is 6.42. The largest absolute Gasteiger partial charge is 0.489 e. The summed E-state index contributed by atoms with van der Waals surface area (Å²) in [6, 6.07) is 18.9. The lowest BCUT2D eigenvalue weighted by Crippen LogP contribution is -2.29. The number of ether oxygens (including phenoxy) is 1. The molecule has 2 aromatic carbocycles. The number of hydrogen-bond acceptors (Lipinski definition) is 3. The van der Waals surface area contributed by atoms with Crippen LogP contribution >= 0.6 is 12.4 Å². The minimum Gasteiger partial charge on any atom is -0.489 e. The lowest BCUT2D eigenvalue weighted by molar-refractivity contribution is 0.258. The first-order chi connectivity index (χ1) is 11.8. The van der Waals surface area contributed by atoms with Gasteiger partial charge in [-0.3, -0.25) is 4.90 Å². The highest BCUT2D eigenvalue weighted by molar-refractivity contribution is 5.85. The van der Waals surface area contributed by atoms with Gasteiger partial charge in [0.2, 0.25) is 0 Å². The third-order valence-corrected chi connectivity index (χ3v) is 5.45. The van der Waals surface area contributed by atoms with E-state index in [-0.39, 0.29) is 12.4 Å².